The van der Waals surface area contributed by atoms with Crippen LogP contribution in [0.15, 0.2) is 6.07 Å². The molecule has 0 spiro atoms. The average molecular weight is 235 g/mol. The van der Waals surface area contributed by atoms with Crippen molar-refractivity contribution >= 4 is 5.91 Å². The van der Waals surface area contributed by atoms with Crippen LogP contribution in [0.5, 0.6) is 6.01 Å². The summed E-state index contributed by atoms with van der Waals surface area (Å²) in [4.78, 5) is 21.4. The third-order valence-electron chi connectivity index (χ3n) is 2.82. The van der Waals surface area contributed by atoms with Crippen LogP contribution in [0.1, 0.15) is 24.7 Å². The quantitative estimate of drug-likeness (QED) is 0.770. The molecule has 1 saturated heterocycles. The summed E-state index contributed by atoms with van der Waals surface area (Å²) in [5.41, 5.74) is 1.79. The molecule has 5 heteroatoms. The number of carbonyl (C=O) groups excluding carboxylic acids is 1. The largest absolute Gasteiger partial charge is 0.458 e. The summed E-state index contributed by atoms with van der Waals surface area (Å²) in [7, 11) is 0. The number of rotatable bonds is 2. The summed E-state index contributed by atoms with van der Waals surface area (Å²) >= 11 is 0. The molecule has 1 aliphatic rings. The Hall–Kier alpha value is -1.65. The first-order valence-corrected chi connectivity index (χ1v) is 5.79. The number of aryl methyl sites for hydroxylation is 2. The van der Waals surface area contributed by atoms with Gasteiger partial charge in [0.1, 0.15) is 6.10 Å². The fraction of sp³-hybridized carbons (Fsp3) is 0.583. The minimum atomic E-state index is 0.0140. The maximum absolute atomic E-state index is 11.2. The Labute approximate surface area is 101 Å². The Bertz CT molecular complexity index is 414. The van der Waals surface area contributed by atoms with E-state index in [9.17, 15) is 4.79 Å². The number of amides is 1. The van der Waals surface area contributed by atoms with Gasteiger partial charge in [-0.15, -0.1) is 0 Å². The van der Waals surface area contributed by atoms with Crippen LogP contribution in [-0.4, -0.2) is 40.0 Å². The van der Waals surface area contributed by atoms with Crippen LogP contribution in [0.2, 0.25) is 0 Å². The summed E-state index contributed by atoms with van der Waals surface area (Å²) < 4.78 is 5.70. The van der Waals surface area contributed by atoms with Gasteiger partial charge in [0, 0.05) is 31.3 Å². The van der Waals surface area contributed by atoms with Crippen LogP contribution >= 0.6 is 0 Å². The van der Waals surface area contributed by atoms with E-state index in [1.54, 1.807) is 11.8 Å². The maximum atomic E-state index is 11.2. The fourth-order valence-corrected chi connectivity index (χ4v) is 2.01. The van der Waals surface area contributed by atoms with Crippen LogP contribution < -0.4 is 4.74 Å². The molecular formula is C12H17N3O2. The van der Waals surface area contributed by atoms with Crippen molar-refractivity contribution in [2.45, 2.75) is 33.3 Å². The molecule has 1 fully saturated rings. The molecule has 2 heterocycles. The zero-order valence-corrected chi connectivity index (χ0v) is 10.4. The summed E-state index contributed by atoms with van der Waals surface area (Å²) in [6.07, 6.45) is 0.857. The summed E-state index contributed by atoms with van der Waals surface area (Å²) in [5, 5.41) is 0. The number of hydrogen-bond acceptors (Lipinski definition) is 4. The average Bonchev–Trinajstić information content (AvgIpc) is 2.64. The monoisotopic (exact) mass is 235 g/mol. The van der Waals surface area contributed by atoms with Gasteiger partial charge in [-0.3, -0.25) is 4.79 Å². The Morgan fingerprint density at radius 3 is 2.59 bits per heavy atom. The molecule has 1 aromatic rings. The van der Waals surface area contributed by atoms with Gasteiger partial charge >= 0.3 is 6.01 Å². The highest BCUT2D eigenvalue weighted by atomic mass is 16.5. The molecule has 0 N–H and O–H groups in total. The van der Waals surface area contributed by atoms with Crippen molar-refractivity contribution in [2.24, 2.45) is 0 Å². The predicted molar refractivity (Wildman–Crippen MR) is 62.8 cm³/mol. The van der Waals surface area contributed by atoms with Crippen LogP contribution in [0.4, 0.5) is 0 Å². The molecule has 5 nitrogen and oxygen atoms in total. The second-order valence-corrected chi connectivity index (χ2v) is 4.43. The van der Waals surface area contributed by atoms with Crippen molar-refractivity contribution in [3.8, 4) is 6.01 Å². The predicted octanol–water partition coefficient (Wildman–Crippen LogP) is 1.09. The van der Waals surface area contributed by atoms with Gasteiger partial charge in [0.15, 0.2) is 0 Å². The first-order valence-electron chi connectivity index (χ1n) is 5.79. The third-order valence-corrected chi connectivity index (χ3v) is 2.82. The second-order valence-electron chi connectivity index (χ2n) is 4.43. The molecule has 0 unspecified atom stereocenters. The normalized spacial score (nSPS) is 19.5. The number of likely N-dealkylation sites (tertiary alicyclic amines) is 1. The molecular weight excluding hydrogens is 218 g/mol. The Kier molecular flexibility index (Phi) is 3.26. The molecule has 2 rings (SSSR count). The highest BCUT2D eigenvalue weighted by Crippen LogP contribution is 2.15. The zero-order chi connectivity index (χ0) is 12.4. The molecule has 1 aromatic heterocycles. The molecule has 0 saturated carbocycles. The SMILES string of the molecule is CC(=O)N1CC[C@@H](Oc2nc(C)cc(C)n2)C1. The molecule has 17 heavy (non-hydrogen) atoms. The third kappa shape index (κ3) is 2.93. The van der Waals surface area contributed by atoms with Gasteiger partial charge in [-0.1, -0.05) is 0 Å². The van der Waals surface area contributed by atoms with E-state index in [1.165, 1.54) is 0 Å². The second kappa shape index (κ2) is 4.69. The van der Waals surface area contributed by atoms with Gasteiger partial charge in [-0.05, 0) is 19.9 Å². The van der Waals surface area contributed by atoms with Crippen LogP contribution in [0.3, 0.4) is 0 Å². The van der Waals surface area contributed by atoms with E-state index in [-0.39, 0.29) is 12.0 Å². The van der Waals surface area contributed by atoms with E-state index in [0.29, 0.717) is 12.6 Å². The van der Waals surface area contributed by atoms with Gasteiger partial charge in [0.2, 0.25) is 5.91 Å². The van der Waals surface area contributed by atoms with Crippen LogP contribution in [-0.2, 0) is 4.79 Å². The Morgan fingerprint density at radius 1 is 1.41 bits per heavy atom. The number of nitrogens with zero attached hydrogens (tertiary/aromatic N) is 3. The van der Waals surface area contributed by atoms with Crippen LogP contribution in [0, 0.1) is 13.8 Å². The lowest BCUT2D eigenvalue weighted by molar-refractivity contribution is -0.128. The fourth-order valence-electron chi connectivity index (χ4n) is 2.01. The Morgan fingerprint density at radius 2 is 2.06 bits per heavy atom. The van der Waals surface area contributed by atoms with Gasteiger partial charge in [-0.25, -0.2) is 9.97 Å². The lowest BCUT2D eigenvalue weighted by Crippen LogP contribution is -2.29. The molecule has 0 bridgehead atoms. The summed E-state index contributed by atoms with van der Waals surface area (Å²) in [5.74, 6) is 0.0949. The lowest BCUT2D eigenvalue weighted by Gasteiger charge is -2.14. The minimum absolute atomic E-state index is 0.0140. The number of ether oxygens (including phenoxy) is 1. The summed E-state index contributed by atoms with van der Waals surface area (Å²) in [6.45, 7) is 6.79. The number of carbonyl (C=O) groups is 1. The minimum Gasteiger partial charge on any atom is -0.458 e. The lowest BCUT2D eigenvalue weighted by atomic mass is 10.3. The maximum Gasteiger partial charge on any atom is 0.317 e. The first kappa shape index (κ1) is 11.8. The summed E-state index contributed by atoms with van der Waals surface area (Å²) in [6, 6.07) is 2.32. The van der Waals surface area contributed by atoms with Crippen molar-refractivity contribution in [3.05, 3.63) is 17.5 Å². The number of hydrogen-bond donors (Lipinski definition) is 0. The molecule has 0 radical (unpaired) electrons. The van der Waals surface area contributed by atoms with Gasteiger partial charge < -0.3 is 9.64 Å². The number of aromatic nitrogens is 2. The van der Waals surface area contributed by atoms with Crippen LogP contribution in [0.25, 0.3) is 0 Å². The van der Waals surface area contributed by atoms with Crippen molar-refractivity contribution < 1.29 is 9.53 Å². The van der Waals surface area contributed by atoms with E-state index >= 15 is 0 Å². The first-order chi connectivity index (χ1) is 8.04. The molecule has 92 valence electrons. The van der Waals surface area contributed by atoms with Gasteiger partial charge in [-0.2, -0.15) is 0 Å². The molecule has 0 aromatic carbocycles. The van der Waals surface area contributed by atoms with E-state index in [2.05, 4.69) is 9.97 Å². The smallest absolute Gasteiger partial charge is 0.317 e. The topological polar surface area (TPSA) is 55.3 Å². The van der Waals surface area contributed by atoms with E-state index < -0.39 is 0 Å². The highest BCUT2D eigenvalue weighted by molar-refractivity contribution is 5.73. The molecule has 1 atom stereocenters. The van der Waals surface area contributed by atoms with Gasteiger partial charge in [0.05, 0.1) is 6.54 Å². The van der Waals surface area contributed by atoms with E-state index in [1.807, 2.05) is 19.9 Å². The molecule has 0 aliphatic carbocycles. The molecule has 1 aliphatic heterocycles. The Balaban J connectivity index is 2.00. The van der Waals surface area contributed by atoms with Crippen molar-refractivity contribution in [2.75, 3.05) is 13.1 Å². The van der Waals surface area contributed by atoms with Crippen molar-refractivity contribution in [1.82, 2.24) is 14.9 Å². The van der Waals surface area contributed by atoms with Crippen molar-refractivity contribution in [1.29, 1.82) is 0 Å². The van der Waals surface area contributed by atoms with E-state index in [4.69, 9.17) is 4.74 Å². The van der Waals surface area contributed by atoms with Gasteiger partial charge in [0.25, 0.3) is 0 Å². The van der Waals surface area contributed by atoms with Crippen molar-refractivity contribution in [3.63, 3.8) is 0 Å². The highest BCUT2D eigenvalue weighted by Gasteiger charge is 2.26. The van der Waals surface area contributed by atoms with E-state index in [0.717, 1.165) is 24.4 Å². The zero-order valence-electron chi connectivity index (χ0n) is 10.4. The standard InChI is InChI=1S/C12H17N3O2/c1-8-6-9(2)14-12(13-8)17-11-4-5-15(7-11)10(3)16/h6,11H,4-5,7H2,1-3H3/t11-/m1/s1. The molecule has 1 amide bonds.